The molecule has 1 heterocycles. The summed E-state index contributed by atoms with van der Waals surface area (Å²) in [5, 5.41) is 7.70. The van der Waals surface area contributed by atoms with Crippen molar-refractivity contribution in [2.45, 2.75) is 19.8 Å². The maximum absolute atomic E-state index is 3.34. The molecule has 0 aliphatic rings. The topological polar surface area (TPSA) is 12.0 Å². The van der Waals surface area contributed by atoms with Gasteiger partial charge in [-0.1, -0.05) is 13.8 Å². The molecule has 62 valence electrons. The van der Waals surface area contributed by atoms with Crippen molar-refractivity contribution in [3.05, 3.63) is 22.4 Å². The smallest absolute Gasteiger partial charge is 0.00176 e. The van der Waals surface area contributed by atoms with Gasteiger partial charge >= 0.3 is 0 Å². The lowest BCUT2D eigenvalue weighted by Gasteiger charge is -2.08. The lowest BCUT2D eigenvalue weighted by atomic mass is 10.1. The Morgan fingerprint density at radius 2 is 2.45 bits per heavy atom. The van der Waals surface area contributed by atoms with E-state index in [1.807, 2.05) is 0 Å². The summed E-state index contributed by atoms with van der Waals surface area (Å²) in [6.45, 7) is 6.55. The normalized spacial score (nSPS) is 13.3. The third-order valence-corrected chi connectivity index (χ3v) is 2.51. The van der Waals surface area contributed by atoms with Crippen LogP contribution in [0, 0.1) is 0 Å². The van der Waals surface area contributed by atoms with Crippen LogP contribution in [-0.2, 0) is 0 Å². The van der Waals surface area contributed by atoms with Gasteiger partial charge in [-0.15, -0.1) is 0 Å². The molecule has 11 heavy (non-hydrogen) atoms. The standard InChI is InChI=1S/C9H15NS/c1-3-10-6-8(2)9-4-5-11-7-9/h4-5,7-8,10H,3,6H2,1-2H3. The molecule has 0 spiro atoms. The molecule has 0 saturated heterocycles. The van der Waals surface area contributed by atoms with Crippen molar-refractivity contribution >= 4 is 11.3 Å². The van der Waals surface area contributed by atoms with E-state index in [4.69, 9.17) is 0 Å². The van der Waals surface area contributed by atoms with Gasteiger partial charge in [0.05, 0.1) is 0 Å². The van der Waals surface area contributed by atoms with Gasteiger partial charge in [-0.3, -0.25) is 0 Å². The van der Waals surface area contributed by atoms with Gasteiger partial charge in [-0.2, -0.15) is 11.3 Å². The van der Waals surface area contributed by atoms with E-state index in [0.717, 1.165) is 13.1 Å². The first-order valence-electron chi connectivity index (χ1n) is 4.07. The Hall–Kier alpha value is -0.340. The first kappa shape index (κ1) is 8.75. The van der Waals surface area contributed by atoms with Crippen LogP contribution >= 0.6 is 11.3 Å². The third kappa shape index (κ3) is 2.64. The first-order valence-corrected chi connectivity index (χ1v) is 5.01. The summed E-state index contributed by atoms with van der Waals surface area (Å²) in [6, 6.07) is 2.20. The second kappa shape index (κ2) is 4.52. The molecule has 1 aromatic rings. The van der Waals surface area contributed by atoms with Crippen molar-refractivity contribution in [2.75, 3.05) is 13.1 Å². The zero-order valence-corrected chi connectivity index (χ0v) is 7.95. The second-order valence-electron chi connectivity index (χ2n) is 2.77. The SMILES string of the molecule is CCNCC(C)c1ccsc1. The summed E-state index contributed by atoms with van der Waals surface area (Å²) in [6.07, 6.45) is 0. The summed E-state index contributed by atoms with van der Waals surface area (Å²) in [5.74, 6) is 0.654. The zero-order valence-electron chi connectivity index (χ0n) is 7.13. The fourth-order valence-electron chi connectivity index (χ4n) is 1.03. The van der Waals surface area contributed by atoms with Crippen LogP contribution in [0.25, 0.3) is 0 Å². The monoisotopic (exact) mass is 169 g/mol. The van der Waals surface area contributed by atoms with E-state index in [-0.39, 0.29) is 0 Å². The fraction of sp³-hybridized carbons (Fsp3) is 0.556. The van der Waals surface area contributed by atoms with Gasteiger partial charge < -0.3 is 5.32 Å². The molecule has 0 aliphatic heterocycles. The molecule has 0 fully saturated rings. The zero-order chi connectivity index (χ0) is 8.10. The number of rotatable bonds is 4. The van der Waals surface area contributed by atoms with E-state index in [2.05, 4.69) is 36.0 Å². The molecule has 1 rings (SSSR count). The highest BCUT2D eigenvalue weighted by Crippen LogP contribution is 2.16. The first-order chi connectivity index (χ1) is 5.34. The van der Waals surface area contributed by atoms with Crippen molar-refractivity contribution < 1.29 is 0 Å². The van der Waals surface area contributed by atoms with Crippen LogP contribution in [-0.4, -0.2) is 13.1 Å². The molecule has 0 radical (unpaired) electrons. The summed E-state index contributed by atoms with van der Waals surface area (Å²) in [4.78, 5) is 0. The molecule has 0 aromatic carbocycles. The average molecular weight is 169 g/mol. The maximum Gasteiger partial charge on any atom is 0.00176 e. The number of nitrogens with one attached hydrogen (secondary N) is 1. The lowest BCUT2D eigenvalue weighted by Crippen LogP contribution is -2.18. The van der Waals surface area contributed by atoms with Crippen molar-refractivity contribution in [1.82, 2.24) is 5.32 Å². The molecule has 1 nitrogen and oxygen atoms in total. The Morgan fingerprint density at radius 1 is 1.64 bits per heavy atom. The Morgan fingerprint density at radius 3 is 3.00 bits per heavy atom. The van der Waals surface area contributed by atoms with Crippen molar-refractivity contribution in [2.24, 2.45) is 0 Å². The minimum atomic E-state index is 0.654. The molecule has 1 aromatic heterocycles. The quantitative estimate of drug-likeness (QED) is 0.730. The molecule has 2 heteroatoms. The van der Waals surface area contributed by atoms with Crippen LogP contribution in [0.1, 0.15) is 25.3 Å². The van der Waals surface area contributed by atoms with E-state index < -0.39 is 0 Å². The summed E-state index contributed by atoms with van der Waals surface area (Å²) in [7, 11) is 0. The minimum absolute atomic E-state index is 0.654. The van der Waals surface area contributed by atoms with Crippen LogP contribution in [0.3, 0.4) is 0 Å². The third-order valence-electron chi connectivity index (χ3n) is 1.81. The Bertz CT molecular complexity index is 181. The predicted octanol–water partition coefficient (Wildman–Crippen LogP) is 2.46. The highest BCUT2D eigenvalue weighted by Gasteiger charge is 2.03. The average Bonchev–Trinajstić information content (AvgIpc) is 2.52. The minimum Gasteiger partial charge on any atom is -0.316 e. The van der Waals surface area contributed by atoms with Gasteiger partial charge in [0.2, 0.25) is 0 Å². The molecule has 1 N–H and O–H groups in total. The summed E-state index contributed by atoms with van der Waals surface area (Å²) in [5.41, 5.74) is 1.45. The molecule has 0 saturated carbocycles. The molecule has 0 aliphatic carbocycles. The summed E-state index contributed by atoms with van der Waals surface area (Å²) < 4.78 is 0. The number of hydrogen-bond acceptors (Lipinski definition) is 2. The molecule has 1 atom stereocenters. The van der Waals surface area contributed by atoms with Gasteiger partial charge in [0.25, 0.3) is 0 Å². The van der Waals surface area contributed by atoms with Crippen LogP contribution in [0.4, 0.5) is 0 Å². The van der Waals surface area contributed by atoms with E-state index in [9.17, 15) is 0 Å². The Balaban J connectivity index is 2.36. The van der Waals surface area contributed by atoms with Crippen LogP contribution < -0.4 is 5.32 Å². The predicted molar refractivity (Wildman–Crippen MR) is 51.3 cm³/mol. The number of hydrogen-bond donors (Lipinski definition) is 1. The van der Waals surface area contributed by atoms with Gasteiger partial charge in [0, 0.05) is 6.54 Å². The number of thiophene rings is 1. The molecule has 1 unspecified atom stereocenters. The molecular formula is C9H15NS. The largest absolute Gasteiger partial charge is 0.316 e. The van der Waals surface area contributed by atoms with Crippen molar-refractivity contribution in [3.8, 4) is 0 Å². The fourth-order valence-corrected chi connectivity index (χ4v) is 1.82. The van der Waals surface area contributed by atoms with Gasteiger partial charge in [-0.05, 0) is 34.9 Å². The lowest BCUT2D eigenvalue weighted by molar-refractivity contribution is 0.636. The number of likely N-dealkylation sites (N-methyl/N-ethyl adjacent to an activating group) is 1. The van der Waals surface area contributed by atoms with E-state index >= 15 is 0 Å². The van der Waals surface area contributed by atoms with Crippen molar-refractivity contribution in [3.63, 3.8) is 0 Å². The van der Waals surface area contributed by atoms with E-state index in [0.29, 0.717) is 5.92 Å². The van der Waals surface area contributed by atoms with Crippen LogP contribution in [0.15, 0.2) is 16.8 Å². The molecule has 0 bridgehead atoms. The van der Waals surface area contributed by atoms with Crippen LogP contribution in [0.5, 0.6) is 0 Å². The van der Waals surface area contributed by atoms with E-state index in [1.54, 1.807) is 11.3 Å². The van der Waals surface area contributed by atoms with Gasteiger partial charge in [-0.25, -0.2) is 0 Å². The van der Waals surface area contributed by atoms with Crippen molar-refractivity contribution in [1.29, 1.82) is 0 Å². The Labute approximate surface area is 72.4 Å². The summed E-state index contributed by atoms with van der Waals surface area (Å²) >= 11 is 1.77. The van der Waals surface area contributed by atoms with Gasteiger partial charge in [0.15, 0.2) is 0 Å². The highest BCUT2D eigenvalue weighted by molar-refractivity contribution is 7.07. The molecular weight excluding hydrogens is 154 g/mol. The van der Waals surface area contributed by atoms with Crippen LogP contribution in [0.2, 0.25) is 0 Å². The molecule has 0 amide bonds. The second-order valence-corrected chi connectivity index (χ2v) is 3.55. The Kier molecular flexibility index (Phi) is 3.60. The van der Waals surface area contributed by atoms with E-state index in [1.165, 1.54) is 5.56 Å². The maximum atomic E-state index is 3.34. The van der Waals surface area contributed by atoms with Gasteiger partial charge in [0.1, 0.15) is 0 Å². The highest BCUT2D eigenvalue weighted by atomic mass is 32.1.